The van der Waals surface area contributed by atoms with Crippen molar-refractivity contribution in [1.29, 1.82) is 0 Å². The number of aryl methyl sites for hydroxylation is 2. The van der Waals surface area contributed by atoms with E-state index in [1.54, 1.807) is 0 Å². The summed E-state index contributed by atoms with van der Waals surface area (Å²) in [5, 5.41) is 11.9. The summed E-state index contributed by atoms with van der Waals surface area (Å²) in [6.45, 7) is 2.95. The Balaban J connectivity index is 1.63. The van der Waals surface area contributed by atoms with Crippen molar-refractivity contribution in [1.82, 2.24) is 14.8 Å². The molecule has 0 radical (unpaired) electrons. The fraction of sp³-hybridized carbons (Fsp3) is 0.286. The van der Waals surface area contributed by atoms with Crippen LogP contribution in [0.25, 0.3) is 11.4 Å². The van der Waals surface area contributed by atoms with Gasteiger partial charge in [-0.15, -0.1) is 10.2 Å². The van der Waals surface area contributed by atoms with E-state index in [9.17, 15) is 4.79 Å². The molecule has 0 saturated heterocycles. The van der Waals surface area contributed by atoms with E-state index in [-0.39, 0.29) is 5.91 Å². The maximum absolute atomic E-state index is 12.6. The van der Waals surface area contributed by atoms with Crippen LogP contribution in [0.15, 0.2) is 42.5 Å². The molecular formula is C21H21IN4O. The Morgan fingerprint density at radius 2 is 1.89 bits per heavy atom. The summed E-state index contributed by atoms with van der Waals surface area (Å²) >= 11 is 2.23. The average Bonchev–Trinajstić information content (AvgIpc) is 2.92. The van der Waals surface area contributed by atoms with Crippen molar-refractivity contribution < 1.29 is 4.79 Å². The van der Waals surface area contributed by atoms with E-state index in [0.29, 0.717) is 5.56 Å². The molecule has 4 rings (SSSR count). The molecule has 0 unspecified atom stereocenters. The van der Waals surface area contributed by atoms with Gasteiger partial charge in [-0.1, -0.05) is 18.6 Å². The predicted molar refractivity (Wildman–Crippen MR) is 115 cm³/mol. The first-order valence-electron chi connectivity index (χ1n) is 9.22. The first-order chi connectivity index (χ1) is 13.1. The van der Waals surface area contributed by atoms with Crippen molar-refractivity contribution in [2.24, 2.45) is 0 Å². The molecule has 6 heteroatoms. The minimum atomic E-state index is -0.105. The third-order valence-corrected chi connectivity index (χ3v) is 5.68. The van der Waals surface area contributed by atoms with Crippen molar-refractivity contribution in [2.45, 2.75) is 39.2 Å². The summed E-state index contributed by atoms with van der Waals surface area (Å²) < 4.78 is 3.33. The summed E-state index contributed by atoms with van der Waals surface area (Å²) in [6, 6.07) is 13.6. The second-order valence-electron chi connectivity index (χ2n) is 6.89. The van der Waals surface area contributed by atoms with Crippen LogP contribution in [-0.2, 0) is 13.0 Å². The second kappa shape index (κ2) is 7.80. The molecular weight excluding hydrogens is 451 g/mol. The lowest BCUT2D eigenvalue weighted by atomic mass is 10.1. The lowest BCUT2D eigenvalue weighted by molar-refractivity contribution is 0.102. The molecule has 138 valence electrons. The van der Waals surface area contributed by atoms with Gasteiger partial charge in [0.2, 0.25) is 0 Å². The summed E-state index contributed by atoms with van der Waals surface area (Å²) in [4.78, 5) is 12.6. The van der Waals surface area contributed by atoms with Crippen LogP contribution in [0.4, 0.5) is 5.69 Å². The maximum atomic E-state index is 12.6. The van der Waals surface area contributed by atoms with Gasteiger partial charge in [0, 0.05) is 33.4 Å². The molecule has 5 nitrogen and oxygen atoms in total. The SMILES string of the molecule is Cc1ccc(-c2nnc3n2CCCCC3)cc1NC(=O)c1ccc(I)cc1. The monoisotopic (exact) mass is 472 g/mol. The van der Waals surface area contributed by atoms with Crippen molar-refractivity contribution >= 4 is 34.2 Å². The van der Waals surface area contributed by atoms with E-state index in [4.69, 9.17) is 0 Å². The number of amides is 1. The van der Waals surface area contributed by atoms with Crippen LogP contribution in [0.2, 0.25) is 0 Å². The van der Waals surface area contributed by atoms with Gasteiger partial charge in [-0.2, -0.15) is 0 Å². The van der Waals surface area contributed by atoms with Crippen molar-refractivity contribution in [3.63, 3.8) is 0 Å². The number of carbonyl (C=O) groups is 1. The first kappa shape index (κ1) is 18.2. The maximum Gasteiger partial charge on any atom is 0.255 e. The lowest BCUT2D eigenvalue weighted by Crippen LogP contribution is -2.13. The number of aromatic nitrogens is 3. The highest BCUT2D eigenvalue weighted by Crippen LogP contribution is 2.27. The Hall–Kier alpha value is -2.22. The Kier molecular flexibility index (Phi) is 5.24. The van der Waals surface area contributed by atoms with E-state index in [1.165, 1.54) is 12.8 Å². The normalized spacial score (nSPS) is 13.7. The van der Waals surface area contributed by atoms with E-state index in [0.717, 1.165) is 51.4 Å². The van der Waals surface area contributed by atoms with Gasteiger partial charge in [0.05, 0.1) is 0 Å². The molecule has 0 atom stereocenters. The van der Waals surface area contributed by atoms with Crippen molar-refractivity contribution in [2.75, 3.05) is 5.32 Å². The van der Waals surface area contributed by atoms with Crippen LogP contribution in [0, 0.1) is 10.5 Å². The zero-order chi connectivity index (χ0) is 18.8. The number of hydrogen-bond donors (Lipinski definition) is 1. The molecule has 1 aliphatic rings. The van der Waals surface area contributed by atoms with Gasteiger partial charge >= 0.3 is 0 Å². The predicted octanol–water partition coefficient (Wildman–Crippen LogP) is 4.84. The summed E-state index contributed by atoms with van der Waals surface area (Å²) in [5.41, 5.74) is 3.46. The molecule has 0 bridgehead atoms. The second-order valence-corrected chi connectivity index (χ2v) is 8.14. The largest absolute Gasteiger partial charge is 0.322 e. The summed E-state index contributed by atoms with van der Waals surface area (Å²) in [6.07, 6.45) is 4.53. The fourth-order valence-corrected chi connectivity index (χ4v) is 3.75. The Morgan fingerprint density at radius 3 is 2.70 bits per heavy atom. The van der Waals surface area contributed by atoms with E-state index < -0.39 is 0 Å². The van der Waals surface area contributed by atoms with E-state index in [2.05, 4.69) is 48.7 Å². The number of nitrogens with one attached hydrogen (secondary N) is 1. The molecule has 27 heavy (non-hydrogen) atoms. The molecule has 1 N–H and O–H groups in total. The number of anilines is 1. The fourth-order valence-electron chi connectivity index (χ4n) is 3.39. The Bertz CT molecular complexity index is 978. The molecule has 2 heterocycles. The molecule has 1 aliphatic heterocycles. The zero-order valence-corrected chi connectivity index (χ0v) is 17.4. The Morgan fingerprint density at radius 1 is 1.07 bits per heavy atom. The van der Waals surface area contributed by atoms with E-state index in [1.807, 2.05) is 43.3 Å². The molecule has 1 aromatic heterocycles. The molecule has 1 amide bonds. The van der Waals surface area contributed by atoms with Gasteiger partial charge in [-0.05, 0) is 78.3 Å². The van der Waals surface area contributed by atoms with Crippen molar-refractivity contribution in [3.05, 3.63) is 63.0 Å². The number of rotatable bonds is 3. The lowest BCUT2D eigenvalue weighted by Gasteiger charge is -2.12. The highest BCUT2D eigenvalue weighted by molar-refractivity contribution is 14.1. The molecule has 0 aliphatic carbocycles. The van der Waals surface area contributed by atoms with Crippen LogP contribution in [0.3, 0.4) is 0 Å². The molecule has 3 aromatic rings. The molecule has 2 aromatic carbocycles. The molecule has 0 fully saturated rings. The number of halogens is 1. The van der Waals surface area contributed by atoms with Gasteiger partial charge in [-0.25, -0.2) is 0 Å². The summed E-state index contributed by atoms with van der Waals surface area (Å²) in [7, 11) is 0. The van der Waals surface area contributed by atoms with Crippen LogP contribution in [0.5, 0.6) is 0 Å². The minimum Gasteiger partial charge on any atom is -0.322 e. The highest BCUT2D eigenvalue weighted by atomic mass is 127. The van der Waals surface area contributed by atoms with Gasteiger partial charge in [0.1, 0.15) is 5.82 Å². The average molecular weight is 472 g/mol. The quantitative estimate of drug-likeness (QED) is 0.556. The van der Waals surface area contributed by atoms with Crippen LogP contribution < -0.4 is 5.32 Å². The third-order valence-electron chi connectivity index (χ3n) is 4.96. The van der Waals surface area contributed by atoms with Gasteiger partial charge in [0.15, 0.2) is 5.82 Å². The van der Waals surface area contributed by atoms with Gasteiger partial charge < -0.3 is 9.88 Å². The van der Waals surface area contributed by atoms with Crippen molar-refractivity contribution in [3.8, 4) is 11.4 Å². The standard InChI is InChI=1S/C21H21IN4O/c1-14-6-7-16(20-25-24-19-5-3-2-4-12-26(19)20)13-18(14)23-21(27)15-8-10-17(22)11-9-15/h6-11,13H,2-5,12H2,1H3,(H,23,27). The highest BCUT2D eigenvalue weighted by Gasteiger charge is 2.17. The van der Waals surface area contributed by atoms with Crippen LogP contribution >= 0.6 is 22.6 Å². The van der Waals surface area contributed by atoms with Crippen LogP contribution in [0.1, 0.15) is 41.0 Å². The molecule has 0 saturated carbocycles. The smallest absolute Gasteiger partial charge is 0.255 e. The number of hydrogen-bond acceptors (Lipinski definition) is 3. The zero-order valence-electron chi connectivity index (χ0n) is 15.2. The number of nitrogens with zero attached hydrogens (tertiary/aromatic N) is 3. The van der Waals surface area contributed by atoms with Crippen LogP contribution in [-0.4, -0.2) is 20.7 Å². The van der Waals surface area contributed by atoms with Gasteiger partial charge in [-0.3, -0.25) is 4.79 Å². The first-order valence-corrected chi connectivity index (χ1v) is 10.3. The summed E-state index contributed by atoms with van der Waals surface area (Å²) in [5.74, 6) is 1.84. The van der Waals surface area contributed by atoms with E-state index >= 15 is 0 Å². The third kappa shape index (κ3) is 3.90. The number of carbonyl (C=O) groups excluding carboxylic acids is 1. The van der Waals surface area contributed by atoms with Gasteiger partial charge in [0.25, 0.3) is 5.91 Å². The number of fused-ring (bicyclic) bond motifs is 1. The minimum absolute atomic E-state index is 0.105. The molecule has 0 spiro atoms. The topological polar surface area (TPSA) is 59.8 Å². The Labute approximate surface area is 172 Å². The number of benzene rings is 2.